The van der Waals surface area contributed by atoms with Crippen LogP contribution in [0.25, 0.3) is 5.65 Å². The lowest BCUT2D eigenvalue weighted by atomic mass is 9.99. The fourth-order valence-electron chi connectivity index (χ4n) is 2.66. The van der Waals surface area contributed by atoms with Gasteiger partial charge in [0.15, 0.2) is 0 Å². The van der Waals surface area contributed by atoms with Crippen molar-refractivity contribution < 1.29 is 4.79 Å². The fraction of sp³-hybridized carbons (Fsp3) is 0.400. The van der Waals surface area contributed by atoms with Gasteiger partial charge in [-0.3, -0.25) is 9.20 Å². The molecule has 1 saturated carbocycles. The van der Waals surface area contributed by atoms with E-state index in [1.54, 1.807) is 4.40 Å². The average molecular weight is 349 g/mol. The van der Waals surface area contributed by atoms with E-state index in [2.05, 4.69) is 31.4 Å². The molecule has 0 spiro atoms. The van der Waals surface area contributed by atoms with Gasteiger partial charge in [0.25, 0.3) is 5.91 Å². The van der Waals surface area contributed by atoms with Crippen LogP contribution in [-0.4, -0.2) is 21.0 Å². The molecule has 0 aliphatic heterocycles. The Morgan fingerprint density at radius 2 is 2.10 bits per heavy atom. The maximum atomic E-state index is 12.4. The molecule has 3 rings (SSSR count). The summed E-state index contributed by atoms with van der Waals surface area (Å²) in [5.41, 5.74) is 5.76. The molecule has 0 saturated heterocycles. The number of aryl methyl sites for hydroxylation is 1. The van der Waals surface area contributed by atoms with E-state index >= 15 is 0 Å². The van der Waals surface area contributed by atoms with E-state index in [0.29, 0.717) is 11.4 Å². The minimum atomic E-state index is -0.212. The summed E-state index contributed by atoms with van der Waals surface area (Å²) in [5.74, 6) is -0.212. The molecule has 0 atom stereocenters. The predicted molar refractivity (Wildman–Crippen MR) is 85.6 cm³/mol. The van der Waals surface area contributed by atoms with E-state index in [-0.39, 0.29) is 5.91 Å². The molecule has 1 fully saturated rings. The molecule has 1 aliphatic carbocycles. The van der Waals surface area contributed by atoms with E-state index in [1.807, 2.05) is 25.3 Å². The van der Waals surface area contributed by atoms with Crippen molar-refractivity contribution in [3.05, 3.63) is 34.2 Å². The highest BCUT2D eigenvalue weighted by Gasteiger charge is 2.17. The lowest BCUT2D eigenvalue weighted by molar-refractivity contribution is 0.0948. The molecule has 5 nitrogen and oxygen atoms in total. The molecular formula is C15H17BrN4O. The number of carbonyl (C=O) groups is 1. The zero-order valence-corrected chi connectivity index (χ0v) is 13.5. The number of pyridine rings is 1. The highest BCUT2D eigenvalue weighted by Crippen LogP contribution is 2.17. The monoisotopic (exact) mass is 348 g/mol. The van der Waals surface area contributed by atoms with Gasteiger partial charge in [-0.05, 0) is 60.7 Å². The van der Waals surface area contributed by atoms with Crippen LogP contribution in [0.4, 0.5) is 0 Å². The molecule has 0 aromatic carbocycles. The van der Waals surface area contributed by atoms with E-state index < -0.39 is 0 Å². The van der Waals surface area contributed by atoms with Gasteiger partial charge < -0.3 is 0 Å². The van der Waals surface area contributed by atoms with E-state index in [9.17, 15) is 4.79 Å². The summed E-state index contributed by atoms with van der Waals surface area (Å²) in [7, 11) is 0. The summed E-state index contributed by atoms with van der Waals surface area (Å²) >= 11 is 3.42. The van der Waals surface area contributed by atoms with Crippen molar-refractivity contribution in [2.75, 3.05) is 0 Å². The van der Waals surface area contributed by atoms with Crippen LogP contribution in [0, 0.1) is 6.92 Å². The van der Waals surface area contributed by atoms with E-state index in [4.69, 9.17) is 0 Å². The van der Waals surface area contributed by atoms with Gasteiger partial charge in [0, 0.05) is 16.4 Å². The van der Waals surface area contributed by atoms with Crippen LogP contribution in [0.1, 0.15) is 48.3 Å². The molecule has 2 heterocycles. The number of hydrogen-bond donors (Lipinski definition) is 1. The number of nitrogens with zero attached hydrogens (tertiary/aromatic N) is 3. The van der Waals surface area contributed by atoms with Gasteiger partial charge >= 0.3 is 0 Å². The Morgan fingerprint density at radius 3 is 2.86 bits per heavy atom. The van der Waals surface area contributed by atoms with Gasteiger partial charge in [-0.25, -0.2) is 10.4 Å². The van der Waals surface area contributed by atoms with Crippen LogP contribution < -0.4 is 5.43 Å². The maximum Gasteiger partial charge on any atom is 0.290 e. The summed E-state index contributed by atoms with van der Waals surface area (Å²) in [6, 6.07) is 3.78. The number of nitrogens with one attached hydrogen (secondary N) is 1. The van der Waals surface area contributed by atoms with Crippen molar-refractivity contribution in [2.45, 2.75) is 39.0 Å². The predicted octanol–water partition coefficient (Wildman–Crippen LogP) is 3.46. The third-order valence-corrected chi connectivity index (χ3v) is 4.19. The Balaban J connectivity index is 1.87. The standard InChI is InChI=1S/C15H17BrN4O/c1-10-14(20-9-11(16)7-8-13(20)17-10)15(21)19-18-12-5-3-2-4-6-12/h7-9H,2-6H2,1H3,(H,19,21). The Bertz CT molecular complexity index is 712. The molecule has 0 radical (unpaired) electrons. The first-order valence-electron chi connectivity index (χ1n) is 7.15. The number of rotatable bonds is 2. The Labute approximate surface area is 131 Å². The third-order valence-electron chi connectivity index (χ3n) is 3.72. The van der Waals surface area contributed by atoms with Gasteiger partial charge in [0.05, 0.1) is 5.69 Å². The highest BCUT2D eigenvalue weighted by molar-refractivity contribution is 9.10. The average Bonchev–Trinajstić information content (AvgIpc) is 2.81. The summed E-state index contributed by atoms with van der Waals surface area (Å²) < 4.78 is 2.69. The van der Waals surface area contributed by atoms with Crippen LogP contribution in [0.5, 0.6) is 0 Å². The first-order chi connectivity index (χ1) is 10.1. The summed E-state index contributed by atoms with van der Waals surface area (Å²) in [5, 5.41) is 4.27. The highest BCUT2D eigenvalue weighted by atomic mass is 79.9. The third kappa shape index (κ3) is 3.00. The normalized spacial score (nSPS) is 15.2. The second-order valence-corrected chi connectivity index (χ2v) is 6.22. The van der Waals surface area contributed by atoms with Gasteiger partial charge in [0.2, 0.25) is 0 Å². The Kier molecular flexibility index (Phi) is 4.05. The van der Waals surface area contributed by atoms with Crippen molar-refractivity contribution >= 4 is 33.2 Å². The molecule has 21 heavy (non-hydrogen) atoms. The molecular weight excluding hydrogens is 332 g/mol. The SMILES string of the molecule is Cc1nc2ccc(Br)cn2c1C(=O)NN=C1CCCCC1. The largest absolute Gasteiger partial charge is 0.294 e. The van der Waals surface area contributed by atoms with E-state index in [1.165, 1.54) is 6.42 Å². The minimum absolute atomic E-state index is 0.212. The fourth-order valence-corrected chi connectivity index (χ4v) is 3.00. The lowest BCUT2D eigenvalue weighted by Gasteiger charge is -2.12. The number of imidazole rings is 1. The molecule has 2 aromatic heterocycles. The molecule has 1 amide bonds. The molecule has 0 unspecified atom stereocenters. The number of amides is 1. The first-order valence-corrected chi connectivity index (χ1v) is 7.94. The quantitative estimate of drug-likeness (QED) is 0.845. The lowest BCUT2D eigenvalue weighted by Crippen LogP contribution is -2.22. The summed E-state index contributed by atoms with van der Waals surface area (Å²) in [4.78, 5) is 16.8. The van der Waals surface area contributed by atoms with Gasteiger partial charge in [-0.15, -0.1) is 0 Å². The van der Waals surface area contributed by atoms with Crippen molar-refractivity contribution in [1.82, 2.24) is 14.8 Å². The summed E-state index contributed by atoms with van der Waals surface area (Å²) in [6.45, 7) is 1.84. The molecule has 0 bridgehead atoms. The molecule has 1 aliphatic rings. The smallest absolute Gasteiger partial charge is 0.290 e. The number of carbonyl (C=O) groups excluding carboxylic acids is 1. The maximum absolute atomic E-state index is 12.4. The van der Waals surface area contributed by atoms with Crippen LogP contribution in [-0.2, 0) is 0 Å². The van der Waals surface area contributed by atoms with Gasteiger partial charge in [0.1, 0.15) is 11.3 Å². The molecule has 110 valence electrons. The number of hydrogen-bond acceptors (Lipinski definition) is 3. The van der Waals surface area contributed by atoms with Gasteiger partial charge in [-0.1, -0.05) is 6.42 Å². The molecule has 6 heteroatoms. The second kappa shape index (κ2) is 5.97. The van der Waals surface area contributed by atoms with Crippen LogP contribution in [0.2, 0.25) is 0 Å². The number of hydrazone groups is 1. The number of fused-ring (bicyclic) bond motifs is 1. The van der Waals surface area contributed by atoms with Crippen LogP contribution in [0.15, 0.2) is 27.9 Å². The van der Waals surface area contributed by atoms with Crippen molar-refractivity contribution in [3.63, 3.8) is 0 Å². The number of aromatic nitrogens is 2. The van der Waals surface area contributed by atoms with Crippen LogP contribution >= 0.6 is 15.9 Å². The molecule has 1 N–H and O–H groups in total. The van der Waals surface area contributed by atoms with Gasteiger partial charge in [-0.2, -0.15) is 5.10 Å². The Hall–Kier alpha value is -1.69. The van der Waals surface area contributed by atoms with Crippen molar-refractivity contribution in [1.29, 1.82) is 0 Å². The zero-order chi connectivity index (χ0) is 14.8. The topological polar surface area (TPSA) is 58.8 Å². The minimum Gasteiger partial charge on any atom is -0.294 e. The van der Waals surface area contributed by atoms with Crippen molar-refractivity contribution in [2.24, 2.45) is 5.10 Å². The number of halogens is 1. The van der Waals surface area contributed by atoms with Crippen molar-refractivity contribution in [3.8, 4) is 0 Å². The molecule has 2 aromatic rings. The Morgan fingerprint density at radius 1 is 1.33 bits per heavy atom. The second-order valence-electron chi connectivity index (χ2n) is 5.30. The summed E-state index contributed by atoms with van der Waals surface area (Å²) in [6.07, 6.45) is 7.40. The van der Waals surface area contributed by atoms with Crippen LogP contribution in [0.3, 0.4) is 0 Å². The first kappa shape index (κ1) is 14.3. The zero-order valence-electron chi connectivity index (χ0n) is 11.9. The van der Waals surface area contributed by atoms with E-state index in [0.717, 1.165) is 41.5 Å².